The van der Waals surface area contributed by atoms with Gasteiger partial charge in [0.05, 0.1) is 7.43 Å². The molecule has 0 aromatic rings. The Morgan fingerprint density at radius 3 is 1.38 bits per heavy atom. The van der Waals surface area contributed by atoms with E-state index in [9.17, 15) is 0 Å². The Labute approximate surface area is 89.4 Å². The first kappa shape index (κ1) is 13.7. The highest BCUT2D eigenvalue weighted by atomic mass is 35.7. The molecule has 0 spiro atoms. The second-order valence-electron chi connectivity index (χ2n) is 5.00. The maximum Gasteiger partial charge on any atom is 0.0686 e. The molecule has 0 rings (SSSR count). The summed E-state index contributed by atoms with van der Waals surface area (Å²) in [6, 6.07) is 1.06. The van der Waals surface area contributed by atoms with E-state index in [2.05, 4.69) is 53.1 Å². The van der Waals surface area contributed by atoms with Gasteiger partial charge in [0, 0.05) is 17.2 Å². The monoisotopic (exact) mass is 223 g/mol. The van der Waals surface area contributed by atoms with Gasteiger partial charge in [-0.1, -0.05) is 32.0 Å². The average Bonchev–Trinajstić information content (AvgIpc) is 1.82. The molecule has 0 N–H and O–H groups in total. The third-order valence-corrected chi connectivity index (χ3v) is 6.30. The Morgan fingerprint density at radius 1 is 1.00 bits per heavy atom. The van der Waals surface area contributed by atoms with E-state index in [1.54, 1.807) is 0 Å². The van der Waals surface area contributed by atoms with Gasteiger partial charge in [-0.25, -0.2) is 0 Å². The van der Waals surface area contributed by atoms with Crippen LogP contribution in [0.25, 0.3) is 0 Å². The summed E-state index contributed by atoms with van der Waals surface area (Å²) in [7, 11) is -0.558. The topological polar surface area (TPSA) is 3.24 Å². The lowest BCUT2D eigenvalue weighted by Gasteiger charge is -2.40. The largest absolute Gasteiger partial charge is 0.264 e. The van der Waals surface area contributed by atoms with E-state index < -0.39 is 7.43 Å². The Hall–Kier alpha value is 0.680. The minimum absolute atomic E-state index is 0.200. The van der Waals surface area contributed by atoms with Crippen molar-refractivity contribution in [1.82, 2.24) is 4.67 Å². The van der Waals surface area contributed by atoms with Gasteiger partial charge >= 0.3 is 0 Å². The van der Waals surface area contributed by atoms with Crippen molar-refractivity contribution in [2.45, 2.75) is 65.7 Å². The molecule has 0 radical (unpaired) electrons. The van der Waals surface area contributed by atoms with Crippen LogP contribution < -0.4 is 0 Å². The van der Waals surface area contributed by atoms with Crippen LogP contribution in [0.1, 0.15) is 48.5 Å². The van der Waals surface area contributed by atoms with E-state index in [1.807, 2.05) is 0 Å². The fourth-order valence-electron chi connectivity index (χ4n) is 1.35. The predicted octanol–water partition coefficient (Wildman–Crippen LogP) is 4.45. The van der Waals surface area contributed by atoms with Crippen LogP contribution in [-0.4, -0.2) is 21.9 Å². The van der Waals surface area contributed by atoms with Crippen molar-refractivity contribution >= 4 is 18.7 Å². The van der Waals surface area contributed by atoms with Gasteiger partial charge in [-0.3, -0.25) is 4.67 Å². The summed E-state index contributed by atoms with van der Waals surface area (Å²) in [5.41, 5.74) is 0. The smallest absolute Gasteiger partial charge is 0.0686 e. The van der Waals surface area contributed by atoms with Gasteiger partial charge in [-0.15, -0.1) is 0 Å². The third kappa shape index (κ3) is 4.14. The van der Waals surface area contributed by atoms with Crippen molar-refractivity contribution in [2.24, 2.45) is 0 Å². The fraction of sp³-hybridized carbons (Fsp3) is 1.00. The van der Waals surface area contributed by atoms with E-state index in [-0.39, 0.29) is 5.16 Å². The number of halogens is 1. The lowest BCUT2D eigenvalue weighted by atomic mass is 10.3. The molecule has 0 bridgehead atoms. The van der Waals surface area contributed by atoms with Gasteiger partial charge < -0.3 is 0 Å². The summed E-state index contributed by atoms with van der Waals surface area (Å²) >= 11 is 6.50. The standard InChI is InChI=1S/C10H23ClNP/c1-8(2)12(9(3)4)13(11)10(5,6)7/h8-9H,1-7H3. The van der Waals surface area contributed by atoms with Crippen LogP contribution >= 0.6 is 18.7 Å². The van der Waals surface area contributed by atoms with Crippen LogP contribution in [0.5, 0.6) is 0 Å². The van der Waals surface area contributed by atoms with Gasteiger partial charge in [0.25, 0.3) is 0 Å². The summed E-state index contributed by atoms with van der Waals surface area (Å²) in [5.74, 6) is 0. The Kier molecular flexibility index (Phi) is 5.22. The highest BCUT2D eigenvalue weighted by Crippen LogP contribution is 2.58. The van der Waals surface area contributed by atoms with E-state index in [0.29, 0.717) is 12.1 Å². The molecule has 1 nitrogen and oxygen atoms in total. The zero-order valence-corrected chi connectivity index (χ0v) is 11.6. The molecule has 0 heterocycles. The Morgan fingerprint density at radius 2 is 1.31 bits per heavy atom. The normalized spacial score (nSPS) is 15.9. The molecule has 3 heteroatoms. The summed E-state index contributed by atoms with van der Waals surface area (Å²) in [6.45, 7) is 15.5. The maximum atomic E-state index is 6.50. The molecule has 80 valence electrons. The predicted molar refractivity (Wildman–Crippen MR) is 64.6 cm³/mol. The zero-order valence-electron chi connectivity index (χ0n) is 9.93. The van der Waals surface area contributed by atoms with Crippen molar-refractivity contribution in [1.29, 1.82) is 0 Å². The van der Waals surface area contributed by atoms with Crippen molar-refractivity contribution in [3.05, 3.63) is 0 Å². The maximum absolute atomic E-state index is 6.50. The molecule has 0 saturated heterocycles. The quantitative estimate of drug-likeness (QED) is 0.639. The molecule has 0 aliphatic rings. The van der Waals surface area contributed by atoms with E-state index in [1.165, 1.54) is 0 Å². The summed E-state index contributed by atoms with van der Waals surface area (Å²) in [5, 5.41) is 0.200. The Balaban J connectivity index is 4.56. The third-order valence-electron chi connectivity index (χ3n) is 1.81. The molecule has 0 aromatic carbocycles. The molecule has 0 aliphatic heterocycles. The van der Waals surface area contributed by atoms with Crippen molar-refractivity contribution < 1.29 is 0 Å². The summed E-state index contributed by atoms with van der Waals surface area (Å²) < 4.78 is 2.41. The molecule has 0 amide bonds. The minimum Gasteiger partial charge on any atom is -0.264 e. The van der Waals surface area contributed by atoms with Gasteiger partial charge in [0.15, 0.2) is 0 Å². The Bertz CT molecular complexity index is 143. The average molecular weight is 224 g/mol. The minimum atomic E-state index is -0.558. The van der Waals surface area contributed by atoms with Crippen LogP contribution in [-0.2, 0) is 0 Å². The lowest BCUT2D eigenvalue weighted by Crippen LogP contribution is -2.35. The van der Waals surface area contributed by atoms with Gasteiger partial charge in [0.2, 0.25) is 0 Å². The molecule has 1 unspecified atom stereocenters. The molecular weight excluding hydrogens is 201 g/mol. The SMILES string of the molecule is CC(C)N(C(C)C)P(Cl)C(C)(C)C. The second kappa shape index (κ2) is 4.96. The number of nitrogens with zero attached hydrogens (tertiary/aromatic N) is 1. The first-order chi connectivity index (χ1) is 5.68. The van der Waals surface area contributed by atoms with E-state index >= 15 is 0 Å². The van der Waals surface area contributed by atoms with Crippen LogP contribution in [0.4, 0.5) is 0 Å². The van der Waals surface area contributed by atoms with Crippen LogP contribution in [0.15, 0.2) is 0 Å². The number of hydrogen-bond donors (Lipinski definition) is 0. The molecule has 0 aromatic heterocycles. The molecule has 0 saturated carbocycles. The highest BCUT2D eigenvalue weighted by molar-refractivity contribution is 7.83. The second-order valence-corrected chi connectivity index (χ2v) is 8.28. The van der Waals surface area contributed by atoms with E-state index in [4.69, 9.17) is 11.2 Å². The zero-order chi connectivity index (χ0) is 10.8. The summed E-state index contributed by atoms with van der Waals surface area (Å²) in [6.07, 6.45) is 0. The van der Waals surface area contributed by atoms with Crippen molar-refractivity contribution in [3.63, 3.8) is 0 Å². The highest BCUT2D eigenvalue weighted by Gasteiger charge is 2.31. The van der Waals surface area contributed by atoms with Gasteiger partial charge in [-0.2, -0.15) is 0 Å². The van der Waals surface area contributed by atoms with Gasteiger partial charge in [-0.05, 0) is 27.7 Å². The molecule has 1 atom stereocenters. The fourth-order valence-corrected chi connectivity index (χ4v) is 3.90. The van der Waals surface area contributed by atoms with Crippen LogP contribution in [0.2, 0.25) is 0 Å². The number of hydrogen-bond acceptors (Lipinski definition) is 1. The van der Waals surface area contributed by atoms with Crippen molar-refractivity contribution in [3.8, 4) is 0 Å². The number of rotatable bonds is 3. The first-order valence-electron chi connectivity index (χ1n) is 4.92. The molecule has 13 heavy (non-hydrogen) atoms. The van der Waals surface area contributed by atoms with Crippen LogP contribution in [0.3, 0.4) is 0 Å². The van der Waals surface area contributed by atoms with Crippen molar-refractivity contribution in [2.75, 3.05) is 0 Å². The molecular formula is C10H23ClNP. The molecule has 0 fully saturated rings. The summed E-state index contributed by atoms with van der Waals surface area (Å²) in [4.78, 5) is 0. The lowest BCUT2D eigenvalue weighted by molar-refractivity contribution is 0.320. The van der Waals surface area contributed by atoms with E-state index in [0.717, 1.165) is 0 Å². The first-order valence-corrected chi connectivity index (χ1v) is 7.12. The van der Waals surface area contributed by atoms with Gasteiger partial charge in [0.1, 0.15) is 0 Å². The molecule has 0 aliphatic carbocycles. The van der Waals surface area contributed by atoms with Crippen LogP contribution in [0, 0.1) is 0 Å².